The van der Waals surface area contributed by atoms with E-state index in [-0.39, 0.29) is 4.90 Å². The zero-order valence-electron chi connectivity index (χ0n) is 11.3. The van der Waals surface area contributed by atoms with E-state index in [1.807, 2.05) is 0 Å². The number of hydrogen-bond donors (Lipinski definition) is 0. The average molecular weight is 365 g/mol. The van der Waals surface area contributed by atoms with Crippen molar-refractivity contribution in [2.24, 2.45) is 0 Å². The number of benzene rings is 1. The molecular weight excluding hydrogens is 347 g/mol. The lowest BCUT2D eigenvalue weighted by atomic mass is 10.2. The molecule has 1 aliphatic rings. The van der Waals surface area contributed by atoms with Gasteiger partial charge in [0, 0.05) is 38.1 Å². The zero-order chi connectivity index (χ0) is 14.8. The first kappa shape index (κ1) is 15.9. The van der Waals surface area contributed by atoms with Crippen molar-refractivity contribution < 1.29 is 12.8 Å². The summed E-state index contributed by atoms with van der Waals surface area (Å²) >= 11 is 3.38. The summed E-state index contributed by atoms with van der Waals surface area (Å²) in [6.07, 6.45) is 0. The Morgan fingerprint density at radius 3 is 2.45 bits per heavy atom. The highest BCUT2D eigenvalue weighted by Gasteiger charge is 2.29. The number of halogens is 2. The third kappa shape index (κ3) is 3.39. The second-order valence-electron chi connectivity index (χ2n) is 4.84. The molecule has 0 saturated carbocycles. The van der Waals surface area contributed by atoms with E-state index in [1.165, 1.54) is 22.5 Å². The summed E-state index contributed by atoms with van der Waals surface area (Å²) in [7, 11) is -3.52. The Labute approximate surface area is 127 Å². The highest BCUT2D eigenvalue weighted by atomic mass is 79.9. The van der Waals surface area contributed by atoms with Crippen LogP contribution >= 0.6 is 15.9 Å². The van der Waals surface area contributed by atoms with Gasteiger partial charge in [0.05, 0.1) is 4.90 Å². The molecule has 20 heavy (non-hydrogen) atoms. The molecule has 112 valence electrons. The predicted molar refractivity (Wildman–Crippen MR) is 80.1 cm³/mol. The summed E-state index contributed by atoms with van der Waals surface area (Å²) in [6, 6.07) is 3.81. The summed E-state index contributed by atoms with van der Waals surface area (Å²) in [4.78, 5) is 2.42. The summed E-state index contributed by atoms with van der Waals surface area (Å²) in [5.74, 6) is -0.413. The lowest BCUT2D eigenvalue weighted by Gasteiger charge is -2.33. The van der Waals surface area contributed by atoms with Crippen LogP contribution in [0.3, 0.4) is 0 Å². The Hall–Kier alpha value is -0.500. The van der Waals surface area contributed by atoms with E-state index in [0.717, 1.165) is 25.0 Å². The van der Waals surface area contributed by atoms with Crippen molar-refractivity contribution in [3.63, 3.8) is 0 Å². The molecule has 0 amide bonds. The molecule has 0 spiro atoms. The first-order chi connectivity index (χ1) is 9.45. The first-order valence-corrected chi connectivity index (χ1v) is 9.06. The maximum atomic E-state index is 13.1. The Bertz CT molecular complexity index is 572. The lowest BCUT2D eigenvalue weighted by molar-refractivity contribution is 0.198. The van der Waals surface area contributed by atoms with Gasteiger partial charge >= 0.3 is 0 Å². The van der Waals surface area contributed by atoms with E-state index in [4.69, 9.17) is 0 Å². The maximum Gasteiger partial charge on any atom is 0.243 e. The van der Waals surface area contributed by atoms with Crippen LogP contribution in [0.15, 0.2) is 23.1 Å². The summed E-state index contributed by atoms with van der Waals surface area (Å²) in [5.41, 5.74) is 0.452. The molecule has 1 aromatic carbocycles. The number of hydrogen-bond acceptors (Lipinski definition) is 3. The van der Waals surface area contributed by atoms with Gasteiger partial charge in [-0.05, 0) is 30.7 Å². The Balaban J connectivity index is 2.15. The van der Waals surface area contributed by atoms with Crippen LogP contribution in [0.25, 0.3) is 0 Å². The fraction of sp³-hybridized carbons (Fsp3) is 0.538. The predicted octanol–water partition coefficient (Wildman–Crippen LogP) is 1.84. The summed E-state index contributed by atoms with van der Waals surface area (Å²) in [5, 5.41) is 0.886. The normalized spacial score (nSPS) is 18.4. The standard InChI is InChI=1S/C13H18BrFN2O2S/c1-11-10-12(15)2-3-13(11)20(18,19)17-8-6-16(5-4-14)7-9-17/h2-3,10H,4-9H2,1H3. The molecule has 0 bridgehead atoms. The van der Waals surface area contributed by atoms with Gasteiger partial charge in [0.25, 0.3) is 0 Å². The van der Waals surface area contributed by atoms with Gasteiger partial charge in [0.15, 0.2) is 0 Å². The smallest absolute Gasteiger partial charge is 0.243 e. The SMILES string of the molecule is Cc1cc(F)ccc1S(=O)(=O)N1CCN(CCBr)CC1. The molecule has 4 nitrogen and oxygen atoms in total. The molecule has 1 saturated heterocycles. The first-order valence-electron chi connectivity index (χ1n) is 6.50. The number of piperazine rings is 1. The molecule has 0 aromatic heterocycles. The topological polar surface area (TPSA) is 40.6 Å². The van der Waals surface area contributed by atoms with Crippen LogP contribution in [-0.4, -0.2) is 55.7 Å². The molecule has 1 fully saturated rings. The van der Waals surface area contributed by atoms with Crippen LogP contribution in [0.4, 0.5) is 4.39 Å². The number of aryl methyl sites for hydroxylation is 1. The molecule has 2 rings (SSSR count). The van der Waals surface area contributed by atoms with Crippen molar-refractivity contribution in [3.8, 4) is 0 Å². The van der Waals surface area contributed by atoms with Gasteiger partial charge in [-0.15, -0.1) is 0 Å². The minimum Gasteiger partial charge on any atom is -0.300 e. The van der Waals surface area contributed by atoms with Gasteiger partial charge in [0.2, 0.25) is 10.0 Å². The van der Waals surface area contributed by atoms with Crippen molar-refractivity contribution in [1.29, 1.82) is 0 Å². The van der Waals surface area contributed by atoms with Crippen molar-refractivity contribution >= 4 is 26.0 Å². The van der Waals surface area contributed by atoms with E-state index in [9.17, 15) is 12.8 Å². The number of rotatable bonds is 4. The van der Waals surface area contributed by atoms with Crippen molar-refractivity contribution in [3.05, 3.63) is 29.6 Å². The second-order valence-corrected chi connectivity index (χ2v) is 7.54. The van der Waals surface area contributed by atoms with Crippen molar-refractivity contribution in [1.82, 2.24) is 9.21 Å². The van der Waals surface area contributed by atoms with Gasteiger partial charge in [-0.1, -0.05) is 15.9 Å². The molecular formula is C13H18BrFN2O2S. The van der Waals surface area contributed by atoms with E-state index in [2.05, 4.69) is 20.8 Å². The third-order valence-electron chi connectivity index (χ3n) is 3.49. The van der Waals surface area contributed by atoms with Crippen LogP contribution in [0.2, 0.25) is 0 Å². The van der Waals surface area contributed by atoms with E-state index in [0.29, 0.717) is 18.7 Å². The Morgan fingerprint density at radius 1 is 1.25 bits per heavy atom. The fourth-order valence-electron chi connectivity index (χ4n) is 2.35. The third-order valence-corrected chi connectivity index (χ3v) is 5.90. The van der Waals surface area contributed by atoms with Gasteiger partial charge in [-0.2, -0.15) is 4.31 Å². The van der Waals surface area contributed by atoms with Crippen LogP contribution in [0.1, 0.15) is 5.56 Å². The molecule has 0 unspecified atom stereocenters. The molecule has 0 aliphatic carbocycles. The van der Waals surface area contributed by atoms with Gasteiger partial charge in [0.1, 0.15) is 5.82 Å². The van der Waals surface area contributed by atoms with Gasteiger partial charge < -0.3 is 0 Å². The van der Waals surface area contributed by atoms with Crippen molar-refractivity contribution in [2.75, 3.05) is 38.1 Å². The van der Waals surface area contributed by atoms with Gasteiger partial charge in [-0.25, -0.2) is 12.8 Å². The highest BCUT2D eigenvalue weighted by Crippen LogP contribution is 2.21. The largest absolute Gasteiger partial charge is 0.300 e. The number of alkyl halides is 1. The molecule has 1 heterocycles. The van der Waals surface area contributed by atoms with E-state index >= 15 is 0 Å². The van der Waals surface area contributed by atoms with Crippen LogP contribution in [-0.2, 0) is 10.0 Å². The van der Waals surface area contributed by atoms with Crippen LogP contribution in [0, 0.1) is 12.7 Å². The molecule has 0 radical (unpaired) electrons. The Morgan fingerprint density at radius 2 is 1.90 bits per heavy atom. The summed E-state index contributed by atoms with van der Waals surface area (Å²) < 4.78 is 39.7. The summed E-state index contributed by atoms with van der Waals surface area (Å²) in [6.45, 7) is 4.95. The number of nitrogens with zero attached hydrogens (tertiary/aromatic N) is 2. The molecule has 1 aromatic rings. The zero-order valence-corrected chi connectivity index (χ0v) is 13.8. The quantitative estimate of drug-likeness (QED) is 0.765. The maximum absolute atomic E-state index is 13.1. The van der Waals surface area contributed by atoms with E-state index < -0.39 is 15.8 Å². The number of sulfonamides is 1. The minimum atomic E-state index is -3.52. The van der Waals surface area contributed by atoms with Crippen LogP contribution in [0.5, 0.6) is 0 Å². The average Bonchev–Trinajstić information content (AvgIpc) is 2.39. The Kier molecular flexibility index (Phi) is 5.17. The lowest BCUT2D eigenvalue weighted by Crippen LogP contribution is -2.49. The molecule has 0 N–H and O–H groups in total. The van der Waals surface area contributed by atoms with Gasteiger partial charge in [-0.3, -0.25) is 4.90 Å². The monoisotopic (exact) mass is 364 g/mol. The van der Waals surface area contributed by atoms with Crippen molar-refractivity contribution in [2.45, 2.75) is 11.8 Å². The fourth-order valence-corrected chi connectivity index (χ4v) is 4.48. The second kappa shape index (κ2) is 6.51. The minimum absolute atomic E-state index is 0.202. The van der Waals surface area contributed by atoms with Crippen LogP contribution < -0.4 is 0 Å². The highest BCUT2D eigenvalue weighted by molar-refractivity contribution is 9.09. The molecule has 7 heteroatoms. The molecule has 1 aliphatic heterocycles. The van der Waals surface area contributed by atoms with E-state index in [1.54, 1.807) is 6.92 Å². The molecule has 0 atom stereocenters.